The van der Waals surface area contributed by atoms with Crippen LogP contribution in [-0.4, -0.2) is 30.6 Å². The average Bonchev–Trinajstić information content (AvgIpc) is 3.63. The van der Waals surface area contributed by atoms with E-state index in [4.69, 9.17) is 0 Å². The minimum atomic E-state index is -0.200. The monoisotopic (exact) mass is 549 g/mol. The molecule has 0 saturated heterocycles. The number of benzene rings is 3. The summed E-state index contributed by atoms with van der Waals surface area (Å²) in [4.78, 5) is 29.8. The number of carbonyl (C=O) groups is 2. The molecule has 6 aromatic rings. The quantitative estimate of drug-likeness (QED) is 0.124. The van der Waals surface area contributed by atoms with Crippen LogP contribution in [0.3, 0.4) is 0 Å². The number of thiophene rings is 1. The first-order valence-electron chi connectivity index (χ1n) is 11.9. The summed E-state index contributed by atoms with van der Waals surface area (Å²) in [6, 6.07) is 23.2. The second-order valence-electron chi connectivity index (χ2n) is 10.1. The van der Waals surface area contributed by atoms with Gasteiger partial charge in [-0.3, -0.25) is 0 Å². The van der Waals surface area contributed by atoms with Gasteiger partial charge in [-0.2, -0.15) is 0 Å². The van der Waals surface area contributed by atoms with E-state index in [1.807, 2.05) is 18.2 Å². The Balaban J connectivity index is 1.35. The molecule has 5 heteroatoms. The van der Waals surface area contributed by atoms with Gasteiger partial charge in [0.15, 0.2) is 0 Å². The van der Waals surface area contributed by atoms with Crippen LogP contribution in [0.4, 0.5) is 0 Å². The van der Waals surface area contributed by atoms with E-state index in [1.54, 1.807) is 11.3 Å². The zero-order chi connectivity index (χ0) is 24.3. The molecule has 3 aromatic carbocycles. The standard InChI is InChI=1S/C31H19NO2SSe/c1-31(2)23-8-5-7-19-18-6-3-4-9-25(18)32(27(19)23)30-24(31)14-17(35-30)13-22-28(33)20-12-16-10-11-36-26(16)15-21(20)29(22)34/h3-15H,1-2H3/b22-13-. The third-order valence-electron chi connectivity index (χ3n) is 7.83. The van der Waals surface area contributed by atoms with Gasteiger partial charge in [-0.05, 0) is 0 Å². The topological polar surface area (TPSA) is 39.1 Å². The first-order chi connectivity index (χ1) is 17.4. The van der Waals surface area contributed by atoms with Gasteiger partial charge in [0.2, 0.25) is 0 Å². The summed E-state index contributed by atoms with van der Waals surface area (Å²) in [7, 11) is 0. The molecule has 1 aliphatic heterocycles. The molecule has 0 fully saturated rings. The molecule has 0 amide bonds. The van der Waals surface area contributed by atoms with Crippen LogP contribution >= 0.6 is 11.3 Å². The van der Waals surface area contributed by atoms with Gasteiger partial charge in [-0.15, -0.1) is 0 Å². The van der Waals surface area contributed by atoms with Crippen LogP contribution in [0.2, 0.25) is 0 Å². The predicted molar refractivity (Wildman–Crippen MR) is 148 cm³/mol. The van der Waals surface area contributed by atoms with Crippen molar-refractivity contribution in [2.24, 2.45) is 0 Å². The number of ketones is 2. The Bertz CT molecular complexity index is 1960. The number of nitrogens with zero attached hydrogens (tertiary/aromatic N) is 1. The van der Waals surface area contributed by atoms with Crippen LogP contribution in [0.1, 0.15) is 50.6 Å². The van der Waals surface area contributed by atoms with Gasteiger partial charge in [0.05, 0.1) is 0 Å². The Morgan fingerprint density at radius 1 is 0.861 bits per heavy atom. The SMILES string of the molecule is CC1(C)c2cc(/C=C3/C(=O)c4cc5cc[se]c5cc4C3=O)sc2-n2c3ccccc3c3cccc1c32. The van der Waals surface area contributed by atoms with Gasteiger partial charge >= 0.3 is 187 Å². The molecule has 3 nitrogen and oxygen atoms in total. The van der Waals surface area contributed by atoms with Crippen molar-refractivity contribution < 1.29 is 9.59 Å². The third-order valence-corrected chi connectivity index (χ3v) is 10.7. The molecule has 0 unspecified atom stereocenters. The van der Waals surface area contributed by atoms with Gasteiger partial charge < -0.3 is 0 Å². The van der Waals surface area contributed by atoms with E-state index in [9.17, 15) is 9.59 Å². The minimum absolute atomic E-state index is 0.150. The van der Waals surface area contributed by atoms with E-state index >= 15 is 0 Å². The summed E-state index contributed by atoms with van der Waals surface area (Å²) in [6.07, 6.45) is 1.82. The van der Waals surface area contributed by atoms with Crippen LogP contribution in [0.5, 0.6) is 0 Å². The summed E-state index contributed by atoms with van der Waals surface area (Å²) in [5.74, 6) is -0.309. The number of hydrogen-bond donors (Lipinski definition) is 0. The van der Waals surface area contributed by atoms with Crippen LogP contribution in [0.25, 0.3) is 42.5 Å². The Kier molecular flexibility index (Phi) is 3.92. The van der Waals surface area contributed by atoms with Crippen molar-refractivity contribution >= 4 is 74.9 Å². The fraction of sp³-hybridized carbons (Fsp3) is 0.0968. The number of allylic oxidation sites excluding steroid dienone is 1. The fourth-order valence-corrected chi connectivity index (χ4v) is 9.00. The predicted octanol–water partition coefficient (Wildman–Crippen LogP) is 7.16. The van der Waals surface area contributed by atoms with Crippen molar-refractivity contribution in [3.63, 3.8) is 0 Å². The number of fused-ring (bicyclic) bond motifs is 7. The van der Waals surface area contributed by atoms with Gasteiger partial charge in [0, 0.05) is 0 Å². The number of Topliss-reactive ketones (excluding diaryl/α,β-unsaturated/α-hetero) is 2. The molecule has 0 N–H and O–H groups in total. The van der Waals surface area contributed by atoms with Crippen molar-refractivity contribution in [2.45, 2.75) is 19.3 Å². The van der Waals surface area contributed by atoms with Gasteiger partial charge in [-0.25, -0.2) is 0 Å². The van der Waals surface area contributed by atoms with E-state index in [1.165, 1.54) is 42.2 Å². The zero-order valence-corrected chi connectivity index (χ0v) is 22.1. The number of carbonyl (C=O) groups excluding carboxylic acids is 2. The average molecular weight is 549 g/mol. The third kappa shape index (κ3) is 2.48. The van der Waals surface area contributed by atoms with Crippen molar-refractivity contribution in [1.29, 1.82) is 0 Å². The first-order valence-corrected chi connectivity index (χ1v) is 14.6. The van der Waals surface area contributed by atoms with Gasteiger partial charge in [-0.1, -0.05) is 30.3 Å². The molecule has 172 valence electrons. The molecule has 0 radical (unpaired) electrons. The van der Waals surface area contributed by atoms with E-state index in [-0.39, 0.29) is 37.1 Å². The Hall–Kier alpha value is -3.50. The van der Waals surface area contributed by atoms with Gasteiger partial charge in [0.1, 0.15) is 0 Å². The van der Waals surface area contributed by atoms with Crippen LogP contribution in [0.15, 0.2) is 77.2 Å². The summed E-state index contributed by atoms with van der Waals surface area (Å²) < 4.78 is 3.55. The molecule has 0 atom stereocenters. The Labute approximate surface area is 217 Å². The molecular formula is C31H19NO2SSe. The molecule has 8 rings (SSSR count). The summed E-state index contributed by atoms with van der Waals surface area (Å²) >= 11 is 1.89. The van der Waals surface area contributed by atoms with E-state index in [2.05, 4.69) is 78.0 Å². The zero-order valence-electron chi connectivity index (χ0n) is 19.6. The number of hydrogen-bond acceptors (Lipinski definition) is 3. The fourth-order valence-electron chi connectivity index (χ4n) is 6.02. The molecule has 4 heterocycles. The normalized spacial score (nSPS) is 17.0. The Morgan fingerprint density at radius 2 is 1.64 bits per heavy atom. The molecule has 0 saturated carbocycles. The van der Waals surface area contributed by atoms with Crippen LogP contribution in [0, 0.1) is 0 Å². The summed E-state index contributed by atoms with van der Waals surface area (Å²) in [5.41, 5.74) is 6.14. The van der Waals surface area contributed by atoms with Crippen molar-refractivity contribution in [2.75, 3.05) is 0 Å². The van der Waals surface area contributed by atoms with Crippen molar-refractivity contribution in [3.8, 4) is 5.00 Å². The van der Waals surface area contributed by atoms with Crippen LogP contribution < -0.4 is 0 Å². The summed E-state index contributed by atoms with van der Waals surface area (Å²) in [5, 5.41) is 4.74. The van der Waals surface area contributed by atoms with Crippen molar-refractivity contribution in [3.05, 3.63) is 104 Å². The molecule has 0 bridgehead atoms. The van der Waals surface area contributed by atoms with Crippen molar-refractivity contribution in [1.82, 2.24) is 4.57 Å². The molecule has 2 aliphatic rings. The molecule has 36 heavy (non-hydrogen) atoms. The molecule has 3 aromatic heterocycles. The van der Waals surface area contributed by atoms with E-state index in [0.717, 1.165) is 10.3 Å². The molecular weight excluding hydrogens is 529 g/mol. The maximum atomic E-state index is 13.3. The second-order valence-corrected chi connectivity index (χ2v) is 13.2. The maximum absolute atomic E-state index is 13.3. The van der Waals surface area contributed by atoms with E-state index in [0.29, 0.717) is 11.1 Å². The second kappa shape index (κ2) is 6.83. The van der Waals surface area contributed by atoms with E-state index < -0.39 is 0 Å². The first kappa shape index (κ1) is 20.7. The number of aromatic nitrogens is 1. The Morgan fingerprint density at radius 3 is 2.50 bits per heavy atom. The number of para-hydroxylation sites is 2. The molecule has 1 aliphatic carbocycles. The number of rotatable bonds is 1. The van der Waals surface area contributed by atoms with Gasteiger partial charge in [0.25, 0.3) is 0 Å². The molecule has 0 spiro atoms. The van der Waals surface area contributed by atoms with Crippen LogP contribution in [-0.2, 0) is 5.41 Å². The summed E-state index contributed by atoms with van der Waals surface area (Å²) in [6.45, 7) is 4.54.